The maximum atomic E-state index is 11.9. The van der Waals surface area contributed by atoms with Crippen LogP contribution >= 0.6 is 12.2 Å². The average molecular weight is 257 g/mol. The van der Waals surface area contributed by atoms with Gasteiger partial charge in [0.25, 0.3) is 0 Å². The fraction of sp³-hybridized carbons (Fsp3) is 0.727. The molecule has 5 nitrogen and oxygen atoms in total. The number of piperazine rings is 1. The molecule has 0 aromatic heterocycles. The topological polar surface area (TPSA) is 66.6 Å². The summed E-state index contributed by atoms with van der Waals surface area (Å²) in [6, 6.07) is 0. The van der Waals surface area contributed by atoms with Crippen LogP contribution < -0.4 is 5.73 Å². The van der Waals surface area contributed by atoms with Crippen LogP contribution in [0.25, 0.3) is 0 Å². The summed E-state index contributed by atoms with van der Waals surface area (Å²) in [6.07, 6.45) is 0.357. The molecule has 1 saturated heterocycles. The molecule has 1 heterocycles. The molecule has 2 N–H and O–H groups in total. The average Bonchev–Trinajstić information content (AvgIpc) is 2.28. The summed E-state index contributed by atoms with van der Waals surface area (Å²) in [6.45, 7) is 5.83. The van der Waals surface area contributed by atoms with Gasteiger partial charge in [0.1, 0.15) is 0 Å². The maximum Gasteiger partial charge on any atom is 0.223 e. The molecule has 0 aromatic carbocycles. The zero-order chi connectivity index (χ0) is 13.0. The van der Waals surface area contributed by atoms with Gasteiger partial charge in [-0.25, -0.2) is 0 Å². The fourth-order valence-electron chi connectivity index (χ4n) is 1.76. The van der Waals surface area contributed by atoms with Gasteiger partial charge >= 0.3 is 0 Å². The normalized spacial score (nSPS) is 17.8. The van der Waals surface area contributed by atoms with Gasteiger partial charge in [0.15, 0.2) is 0 Å². The van der Waals surface area contributed by atoms with E-state index in [2.05, 4.69) is 0 Å². The van der Waals surface area contributed by atoms with E-state index in [0.717, 1.165) is 0 Å². The van der Waals surface area contributed by atoms with E-state index in [1.807, 2.05) is 6.92 Å². The summed E-state index contributed by atoms with van der Waals surface area (Å²) in [7, 11) is 0. The lowest BCUT2D eigenvalue weighted by Crippen LogP contribution is -2.50. The molecule has 96 valence electrons. The lowest BCUT2D eigenvalue weighted by Gasteiger charge is -2.34. The Balaban J connectivity index is 2.41. The minimum absolute atomic E-state index is 0.0634. The molecule has 0 aliphatic carbocycles. The Hall–Kier alpha value is -1.17. The van der Waals surface area contributed by atoms with Gasteiger partial charge in [-0.15, -0.1) is 0 Å². The highest BCUT2D eigenvalue weighted by Crippen LogP contribution is 2.09. The number of nitrogens with zero attached hydrogens (tertiary/aromatic N) is 2. The van der Waals surface area contributed by atoms with Crippen LogP contribution in [-0.2, 0) is 9.59 Å². The van der Waals surface area contributed by atoms with Gasteiger partial charge in [0, 0.05) is 45.4 Å². The van der Waals surface area contributed by atoms with E-state index < -0.39 is 0 Å². The summed E-state index contributed by atoms with van der Waals surface area (Å²) in [5.74, 6) is 0.0606. The molecule has 1 rings (SSSR count). The minimum atomic E-state index is -0.0664. The van der Waals surface area contributed by atoms with Gasteiger partial charge in [0.2, 0.25) is 11.8 Å². The van der Waals surface area contributed by atoms with Crippen LogP contribution in [-0.4, -0.2) is 52.8 Å². The number of nitrogens with two attached hydrogens (primary N) is 1. The van der Waals surface area contributed by atoms with E-state index >= 15 is 0 Å². The first-order valence-corrected chi connectivity index (χ1v) is 6.15. The van der Waals surface area contributed by atoms with Crippen molar-refractivity contribution >= 4 is 29.0 Å². The molecule has 2 amide bonds. The molecule has 0 radical (unpaired) electrons. The molecular formula is C11H19N3O2S. The Morgan fingerprint density at radius 1 is 1.24 bits per heavy atom. The molecule has 1 aliphatic rings. The van der Waals surface area contributed by atoms with Crippen molar-refractivity contribution in [3.63, 3.8) is 0 Å². The molecule has 6 heteroatoms. The fourth-order valence-corrected chi connectivity index (χ4v) is 1.85. The summed E-state index contributed by atoms with van der Waals surface area (Å²) in [5.41, 5.74) is 5.48. The van der Waals surface area contributed by atoms with E-state index in [1.165, 1.54) is 0 Å². The van der Waals surface area contributed by atoms with Crippen LogP contribution in [0.2, 0.25) is 0 Å². The highest BCUT2D eigenvalue weighted by Gasteiger charge is 2.23. The Morgan fingerprint density at radius 2 is 1.71 bits per heavy atom. The Kier molecular flexibility index (Phi) is 4.86. The molecule has 17 heavy (non-hydrogen) atoms. The highest BCUT2D eigenvalue weighted by molar-refractivity contribution is 7.80. The van der Waals surface area contributed by atoms with Crippen molar-refractivity contribution in [1.29, 1.82) is 0 Å². The van der Waals surface area contributed by atoms with Crippen LogP contribution in [0.1, 0.15) is 20.3 Å². The van der Waals surface area contributed by atoms with Gasteiger partial charge in [-0.2, -0.15) is 0 Å². The zero-order valence-corrected chi connectivity index (χ0v) is 11.1. The Morgan fingerprint density at radius 3 is 2.12 bits per heavy atom. The number of rotatable bonds is 3. The first-order valence-electron chi connectivity index (χ1n) is 5.74. The van der Waals surface area contributed by atoms with E-state index in [9.17, 15) is 9.59 Å². The van der Waals surface area contributed by atoms with Crippen molar-refractivity contribution < 1.29 is 9.59 Å². The molecule has 1 atom stereocenters. The monoisotopic (exact) mass is 257 g/mol. The molecule has 0 aromatic rings. The standard InChI is InChI=1S/C11H19N3O2S/c1-8(11(12)17)7-10(16)14-5-3-13(4-6-14)9(2)15/h8H,3-7H2,1-2H3,(H2,12,17). The molecule has 0 saturated carbocycles. The van der Waals surface area contributed by atoms with Gasteiger partial charge in [-0.05, 0) is 0 Å². The Labute approximate surface area is 107 Å². The van der Waals surface area contributed by atoms with E-state index in [4.69, 9.17) is 18.0 Å². The third kappa shape index (κ3) is 3.96. The third-order valence-corrected chi connectivity index (χ3v) is 3.45. The summed E-state index contributed by atoms with van der Waals surface area (Å²) in [5, 5.41) is 0. The van der Waals surface area contributed by atoms with Gasteiger partial charge in [0.05, 0.1) is 4.99 Å². The number of thiocarbonyl (C=S) groups is 1. The van der Waals surface area contributed by atoms with E-state index in [1.54, 1.807) is 16.7 Å². The van der Waals surface area contributed by atoms with Crippen molar-refractivity contribution in [3.05, 3.63) is 0 Å². The summed E-state index contributed by atoms with van der Waals surface area (Å²) in [4.78, 5) is 26.9. The molecule has 1 fully saturated rings. The van der Waals surface area contributed by atoms with E-state index in [0.29, 0.717) is 37.6 Å². The lowest BCUT2D eigenvalue weighted by atomic mass is 10.1. The lowest BCUT2D eigenvalue weighted by molar-refractivity contribution is -0.138. The number of hydrogen-bond donors (Lipinski definition) is 1. The number of amides is 2. The predicted molar refractivity (Wildman–Crippen MR) is 69.4 cm³/mol. The van der Waals surface area contributed by atoms with Crippen molar-refractivity contribution in [2.75, 3.05) is 26.2 Å². The second-order valence-electron chi connectivity index (χ2n) is 4.39. The largest absolute Gasteiger partial charge is 0.393 e. The first-order chi connectivity index (χ1) is 7.91. The molecule has 0 spiro atoms. The number of carbonyl (C=O) groups excluding carboxylic acids is 2. The van der Waals surface area contributed by atoms with Crippen molar-refractivity contribution in [2.45, 2.75) is 20.3 Å². The van der Waals surface area contributed by atoms with Crippen LogP contribution in [0.4, 0.5) is 0 Å². The molecule has 1 aliphatic heterocycles. The maximum absolute atomic E-state index is 11.9. The van der Waals surface area contributed by atoms with Crippen LogP contribution in [0.3, 0.4) is 0 Å². The molecule has 1 unspecified atom stereocenters. The Bertz CT molecular complexity index is 325. The quantitative estimate of drug-likeness (QED) is 0.722. The predicted octanol–water partition coefficient (Wildman–Crippen LogP) is -0.0106. The van der Waals surface area contributed by atoms with Gasteiger partial charge in [-0.3, -0.25) is 9.59 Å². The van der Waals surface area contributed by atoms with Gasteiger partial charge in [-0.1, -0.05) is 19.1 Å². The van der Waals surface area contributed by atoms with E-state index in [-0.39, 0.29) is 17.7 Å². The van der Waals surface area contributed by atoms with Crippen molar-refractivity contribution in [2.24, 2.45) is 11.7 Å². The van der Waals surface area contributed by atoms with Crippen molar-refractivity contribution in [3.8, 4) is 0 Å². The van der Waals surface area contributed by atoms with Crippen LogP contribution in [0, 0.1) is 5.92 Å². The number of carbonyl (C=O) groups is 2. The minimum Gasteiger partial charge on any atom is -0.393 e. The highest BCUT2D eigenvalue weighted by atomic mass is 32.1. The van der Waals surface area contributed by atoms with Crippen LogP contribution in [0.5, 0.6) is 0 Å². The van der Waals surface area contributed by atoms with Crippen LogP contribution in [0.15, 0.2) is 0 Å². The zero-order valence-electron chi connectivity index (χ0n) is 10.3. The van der Waals surface area contributed by atoms with Crippen molar-refractivity contribution in [1.82, 2.24) is 9.80 Å². The molecular weight excluding hydrogens is 238 g/mol. The first kappa shape index (κ1) is 13.9. The SMILES string of the molecule is CC(=O)N1CCN(C(=O)CC(C)C(N)=S)CC1. The third-order valence-electron chi connectivity index (χ3n) is 3.04. The molecule has 0 bridgehead atoms. The second-order valence-corrected chi connectivity index (χ2v) is 4.87. The summed E-state index contributed by atoms with van der Waals surface area (Å²) >= 11 is 4.85. The second kappa shape index (κ2) is 5.95. The van der Waals surface area contributed by atoms with Gasteiger partial charge < -0.3 is 15.5 Å². The summed E-state index contributed by atoms with van der Waals surface area (Å²) < 4.78 is 0. The smallest absolute Gasteiger partial charge is 0.223 e. The number of hydrogen-bond acceptors (Lipinski definition) is 3.